The summed E-state index contributed by atoms with van der Waals surface area (Å²) in [7, 11) is -2.54. The Morgan fingerprint density at radius 1 is 1.03 bits per heavy atom. The lowest BCUT2D eigenvalue weighted by atomic mass is 10.2. The molecule has 11 heteroatoms. The molecule has 0 bridgehead atoms. The van der Waals surface area contributed by atoms with Gasteiger partial charge in [-0.25, -0.2) is 22.0 Å². The van der Waals surface area contributed by atoms with Crippen LogP contribution >= 0.6 is 0 Å². The maximum atomic E-state index is 13.8. The lowest BCUT2D eigenvalue weighted by molar-refractivity contribution is -0.123. The van der Waals surface area contributed by atoms with Gasteiger partial charge in [0.15, 0.2) is 6.10 Å². The zero-order valence-electron chi connectivity index (χ0n) is 18.8. The molecule has 1 aliphatic heterocycles. The average Bonchev–Trinajstić information content (AvgIpc) is 3.11. The number of rotatable bonds is 7. The Kier molecular flexibility index (Phi) is 8.21. The predicted octanol–water partition coefficient (Wildman–Crippen LogP) is 3.72. The highest BCUT2D eigenvalue weighted by Crippen LogP contribution is 2.27. The first kappa shape index (κ1) is 25.6. The van der Waals surface area contributed by atoms with Gasteiger partial charge in [0.25, 0.3) is 5.91 Å². The number of hydrogen-bond acceptors (Lipinski definition) is 6. The van der Waals surface area contributed by atoms with E-state index >= 15 is 0 Å². The molecular weight excluding hydrogens is 470 g/mol. The summed E-state index contributed by atoms with van der Waals surface area (Å²) >= 11 is 0. The summed E-state index contributed by atoms with van der Waals surface area (Å²) in [6.45, 7) is 2.03. The van der Waals surface area contributed by atoms with Crippen molar-refractivity contribution in [3.63, 3.8) is 0 Å². The van der Waals surface area contributed by atoms with E-state index in [-0.39, 0.29) is 16.2 Å². The number of anilines is 1. The lowest BCUT2D eigenvalue weighted by Gasteiger charge is -2.21. The lowest BCUT2D eigenvalue weighted by Crippen LogP contribution is -2.32. The fourth-order valence-corrected chi connectivity index (χ4v) is 5.09. The molecule has 2 aromatic rings. The minimum Gasteiger partial charge on any atom is -0.496 e. The van der Waals surface area contributed by atoms with Crippen molar-refractivity contribution in [2.24, 2.45) is 0 Å². The zero-order chi connectivity index (χ0) is 24.9. The number of hydrogen-bond donors (Lipinski definition) is 1. The van der Waals surface area contributed by atoms with Crippen LogP contribution in [0.1, 0.15) is 43.0 Å². The van der Waals surface area contributed by atoms with Gasteiger partial charge in [-0.15, -0.1) is 0 Å². The number of esters is 1. The Labute approximate surface area is 196 Å². The second kappa shape index (κ2) is 10.9. The van der Waals surface area contributed by atoms with Gasteiger partial charge in [0.1, 0.15) is 22.9 Å². The van der Waals surface area contributed by atoms with E-state index in [1.807, 2.05) is 0 Å². The van der Waals surface area contributed by atoms with Gasteiger partial charge in [0.2, 0.25) is 10.0 Å². The summed E-state index contributed by atoms with van der Waals surface area (Å²) in [4.78, 5) is 25.1. The molecule has 1 heterocycles. The number of methoxy groups -OCH3 is 1. The fourth-order valence-electron chi connectivity index (χ4n) is 3.54. The summed E-state index contributed by atoms with van der Waals surface area (Å²) in [6.07, 6.45) is 2.01. The molecule has 1 N–H and O–H groups in total. The SMILES string of the molecule is COc1ccc(S(=O)(=O)N2CCCCCC2)cc1C(=O)OC(C)C(=O)Nc1cc(F)ccc1F. The van der Waals surface area contributed by atoms with Gasteiger partial charge in [-0.3, -0.25) is 4.79 Å². The number of halogens is 2. The number of carbonyl (C=O) groups is 2. The van der Waals surface area contributed by atoms with Crippen LogP contribution in [0.4, 0.5) is 14.5 Å². The maximum absolute atomic E-state index is 13.8. The molecule has 8 nitrogen and oxygen atoms in total. The van der Waals surface area contributed by atoms with E-state index < -0.39 is 45.3 Å². The minimum absolute atomic E-state index is 0.0589. The van der Waals surface area contributed by atoms with Crippen LogP contribution in [0.25, 0.3) is 0 Å². The van der Waals surface area contributed by atoms with Gasteiger partial charge in [-0.05, 0) is 50.1 Å². The predicted molar refractivity (Wildman–Crippen MR) is 120 cm³/mol. The molecule has 1 aliphatic rings. The molecule has 0 radical (unpaired) electrons. The molecule has 34 heavy (non-hydrogen) atoms. The van der Waals surface area contributed by atoms with E-state index in [4.69, 9.17) is 9.47 Å². The van der Waals surface area contributed by atoms with Gasteiger partial charge >= 0.3 is 5.97 Å². The van der Waals surface area contributed by atoms with Crippen LogP contribution in [-0.2, 0) is 19.6 Å². The van der Waals surface area contributed by atoms with Crippen molar-refractivity contribution in [2.45, 2.75) is 43.6 Å². The zero-order valence-corrected chi connectivity index (χ0v) is 19.7. The summed E-state index contributed by atoms with van der Waals surface area (Å²) in [6, 6.07) is 6.38. The highest BCUT2D eigenvalue weighted by Gasteiger charge is 2.28. The second-order valence-electron chi connectivity index (χ2n) is 7.84. The fraction of sp³-hybridized carbons (Fsp3) is 0.391. The Bertz CT molecular complexity index is 1160. The third kappa shape index (κ3) is 5.89. The van der Waals surface area contributed by atoms with Crippen LogP contribution in [0.3, 0.4) is 0 Å². The van der Waals surface area contributed by atoms with Crippen LogP contribution in [0.15, 0.2) is 41.3 Å². The van der Waals surface area contributed by atoms with Gasteiger partial charge in [-0.2, -0.15) is 4.31 Å². The van der Waals surface area contributed by atoms with Crippen molar-refractivity contribution in [3.05, 3.63) is 53.6 Å². The largest absolute Gasteiger partial charge is 0.496 e. The van der Waals surface area contributed by atoms with E-state index in [1.165, 1.54) is 30.5 Å². The second-order valence-corrected chi connectivity index (χ2v) is 9.78. The molecule has 184 valence electrons. The molecule has 1 saturated heterocycles. The summed E-state index contributed by atoms with van der Waals surface area (Å²) < 4.78 is 65.1. The molecule has 1 unspecified atom stereocenters. The molecule has 0 aliphatic carbocycles. The van der Waals surface area contributed by atoms with Crippen molar-refractivity contribution in [3.8, 4) is 5.75 Å². The van der Waals surface area contributed by atoms with Gasteiger partial charge in [0.05, 0.1) is 17.7 Å². The summed E-state index contributed by atoms with van der Waals surface area (Å²) in [5.74, 6) is -3.46. The smallest absolute Gasteiger partial charge is 0.342 e. The monoisotopic (exact) mass is 496 g/mol. The Morgan fingerprint density at radius 2 is 1.71 bits per heavy atom. The van der Waals surface area contributed by atoms with E-state index in [0.717, 1.165) is 49.9 Å². The molecule has 3 rings (SSSR count). The first-order valence-corrected chi connectivity index (χ1v) is 12.2. The minimum atomic E-state index is -3.85. The van der Waals surface area contributed by atoms with Crippen molar-refractivity contribution in [1.29, 1.82) is 0 Å². The average molecular weight is 497 g/mol. The van der Waals surface area contributed by atoms with Crippen LogP contribution < -0.4 is 10.1 Å². The Morgan fingerprint density at radius 3 is 2.35 bits per heavy atom. The topological polar surface area (TPSA) is 102 Å². The first-order chi connectivity index (χ1) is 16.1. The number of benzene rings is 2. The number of ether oxygens (including phenoxy) is 2. The number of nitrogens with one attached hydrogen (secondary N) is 1. The van der Waals surface area contributed by atoms with Crippen molar-refractivity contribution in [2.75, 3.05) is 25.5 Å². The van der Waals surface area contributed by atoms with Crippen LogP contribution in [0, 0.1) is 11.6 Å². The normalized spacial score (nSPS) is 15.8. The molecule has 1 fully saturated rings. The highest BCUT2D eigenvalue weighted by atomic mass is 32.2. The Balaban J connectivity index is 1.79. The van der Waals surface area contributed by atoms with E-state index in [9.17, 15) is 26.8 Å². The molecule has 2 aromatic carbocycles. The van der Waals surface area contributed by atoms with Crippen LogP contribution in [0.2, 0.25) is 0 Å². The van der Waals surface area contributed by atoms with Gasteiger partial charge < -0.3 is 14.8 Å². The number of sulfonamides is 1. The summed E-state index contributed by atoms with van der Waals surface area (Å²) in [5, 5.41) is 2.16. The molecule has 0 aromatic heterocycles. The standard InChI is InChI=1S/C23H26F2N2O6S/c1-15(22(28)26-20-13-16(24)7-9-19(20)25)33-23(29)18-14-17(8-10-21(18)32-2)34(30,31)27-11-5-3-4-6-12-27/h7-10,13-15H,3-6,11-12H2,1-2H3,(H,26,28). The number of amides is 1. The first-order valence-electron chi connectivity index (χ1n) is 10.8. The van der Waals surface area contributed by atoms with E-state index in [0.29, 0.717) is 13.1 Å². The Hall–Kier alpha value is -3.05. The number of carbonyl (C=O) groups excluding carboxylic acids is 2. The van der Waals surface area contributed by atoms with Gasteiger partial charge in [0, 0.05) is 19.2 Å². The van der Waals surface area contributed by atoms with Crippen LogP contribution in [-0.4, -0.2) is 50.9 Å². The summed E-state index contributed by atoms with van der Waals surface area (Å²) in [5.41, 5.74) is -0.592. The quantitative estimate of drug-likeness (QED) is 0.587. The molecule has 1 amide bonds. The highest BCUT2D eigenvalue weighted by molar-refractivity contribution is 7.89. The maximum Gasteiger partial charge on any atom is 0.342 e. The number of nitrogens with zero attached hydrogens (tertiary/aromatic N) is 1. The van der Waals surface area contributed by atoms with Crippen molar-refractivity contribution in [1.82, 2.24) is 4.31 Å². The molecule has 0 spiro atoms. The van der Waals surface area contributed by atoms with E-state index in [2.05, 4.69) is 5.32 Å². The third-order valence-electron chi connectivity index (χ3n) is 5.43. The molecule has 0 saturated carbocycles. The van der Waals surface area contributed by atoms with Crippen LogP contribution in [0.5, 0.6) is 5.75 Å². The van der Waals surface area contributed by atoms with Crippen molar-refractivity contribution >= 4 is 27.6 Å². The molecular formula is C23H26F2N2O6S. The molecule has 1 atom stereocenters. The third-order valence-corrected chi connectivity index (χ3v) is 7.33. The van der Waals surface area contributed by atoms with Gasteiger partial charge in [-0.1, -0.05) is 12.8 Å². The van der Waals surface area contributed by atoms with Crippen molar-refractivity contribution < 1.29 is 36.3 Å². The van der Waals surface area contributed by atoms with E-state index in [1.54, 1.807) is 0 Å².